The maximum atomic E-state index is 6.06. The lowest BCUT2D eigenvalue weighted by Crippen LogP contribution is -2.31. The molecule has 1 aromatic heterocycles. The number of alkyl halides is 3. The Balaban J connectivity index is 1.95. The summed E-state index contributed by atoms with van der Waals surface area (Å²) >= 11 is 23.7. The van der Waals surface area contributed by atoms with Gasteiger partial charge in [-0.3, -0.25) is 0 Å². The maximum absolute atomic E-state index is 6.06. The van der Waals surface area contributed by atoms with Crippen LogP contribution in [0.15, 0.2) is 24.3 Å². The fraction of sp³-hybridized carbons (Fsp3) is 0.357. The zero-order valence-electron chi connectivity index (χ0n) is 11.9. The Labute approximate surface area is 153 Å². The van der Waals surface area contributed by atoms with Gasteiger partial charge < -0.3 is 11.1 Å². The number of halogens is 4. The zero-order valence-corrected chi connectivity index (χ0v) is 14.9. The summed E-state index contributed by atoms with van der Waals surface area (Å²) in [6.07, 6.45) is 1.93. The molecule has 2 aromatic rings. The molecule has 0 radical (unpaired) electrons. The van der Waals surface area contributed by atoms with Crippen molar-refractivity contribution in [1.82, 2.24) is 15.0 Å². The molecule has 0 atom stereocenters. The van der Waals surface area contributed by atoms with Crippen LogP contribution in [0.1, 0.15) is 18.7 Å². The van der Waals surface area contributed by atoms with Gasteiger partial charge in [0.05, 0.1) is 0 Å². The molecule has 9 heteroatoms. The number of benzene rings is 1. The highest BCUT2D eigenvalue weighted by molar-refractivity contribution is 6.66. The van der Waals surface area contributed by atoms with Crippen LogP contribution in [0, 0.1) is 0 Å². The minimum atomic E-state index is -1.75. The summed E-state index contributed by atoms with van der Waals surface area (Å²) in [5, 5.41) is 3.70. The third-order valence-electron chi connectivity index (χ3n) is 3.48. The van der Waals surface area contributed by atoms with Crippen molar-refractivity contribution in [3.63, 3.8) is 0 Å². The van der Waals surface area contributed by atoms with Gasteiger partial charge in [0.15, 0.2) is 11.6 Å². The van der Waals surface area contributed by atoms with Crippen molar-refractivity contribution in [2.45, 2.75) is 22.2 Å². The normalized spacial score (nSPS) is 16.2. The number of nitrogens with two attached hydrogens (primary N) is 1. The number of nitrogens with zero attached hydrogens (tertiary/aromatic N) is 3. The van der Waals surface area contributed by atoms with Crippen LogP contribution in [0.3, 0.4) is 0 Å². The van der Waals surface area contributed by atoms with Crippen molar-refractivity contribution in [3.8, 4) is 11.4 Å². The molecule has 1 aromatic carbocycles. The molecule has 1 aliphatic carbocycles. The molecule has 5 nitrogen and oxygen atoms in total. The van der Waals surface area contributed by atoms with E-state index in [2.05, 4.69) is 20.3 Å². The highest BCUT2D eigenvalue weighted by Crippen LogP contribution is 2.37. The fourth-order valence-corrected chi connectivity index (χ4v) is 2.28. The Kier molecular flexibility index (Phi) is 4.60. The predicted molar refractivity (Wildman–Crippen MR) is 94.2 cm³/mol. The second-order valence-electron chi connectivity index (χ2n) is 5.53. The largest absolute Gasteiger partial charge is 0.352 e. The van der Waals surface area contributed by atoms with Gasteiger partial charge in [-0.25, -0.2) is 4.98 Å². The van der Waals surface area contributed by atoms with Gasteiger partial charge in [0.1, 0.15) is 0 Å². The molecule has 122 valence electrons. The Morgan fingerprint density at radius 3 is 2.30 bits per heavy atom. The van der Waals surface area contributed by atoms with Gasteiger partial charge in [-0.1, -0.05) is 46.4 Å². The smallest absolute Gasteiger partial charge is 0.250 e. The standard InChI is InChI=1S/C14H13Cl4N5/c15-9-3-1-8(2-4-9)10-21-11(14(16,17)18)23-12(22-10)20-7-13(19)5-6-13/h1-4H,5-7,19H2,(H,20,21,22,23). The summed E-state index contributed by atoms with van der Waals surface area (Å²) in [6, 6.07) is 7.05. The van der Waals surface area contributed by atoms with Crippen molar-refractivity contribution >= 4 is 52.4 Å². The summed E-state index contributed by atoms with van der Waals surface area (Å²) in [7, 11) is 0. The fourth-order valence-electron chi connectivity index (χ4n) is 1.90. The summed E-state index contributed by atoms with van der Waals surface area (Å²) in [4.78, 5) is 12.8. The molecule has 1 aliphatic rings. The zero-order chi connectivity index (χ0) is 16.7. The molecule has 0 amide bonds. The number of hydrogen-bond acceptors (Lipinski definition) is 5. The van der Waals surface area contributed by atoms with E-state index >= 15 is 0 Å². The van der Waals surface area contributed by atoms with E-state index in [0.29, 0.717) is 23.3 Å². The lowest BCUT2D eigenvalue weighted by atomic mass is 10.2. The first-order valence-corrected chi connectivity index (χ1v) is 8.38. The Morgan fingerprint density at radius 2 is 1.74 bits per heavy atom. The molecule has 0 bridgehead atoms. The monoisotopic (exact) mass is 391 g/mol. The second kappa shape index (κ2) is 6.22. The van der Waals surface area contributed by atoms with Crippen LogP contribution in [0.4, 0.5) is 5.95 Å². The minimum absolute atomic E-state index is 0.0480. The van der Waals surface area contributed by atoms with Gasteiger partial charge in [-0.15, -0.1) is 0 Å². The molecule has 23 heavy (non-hydrogen) atoms. The Morgan fingerprint density at radius 1 is 1.09 bits per heavy atom. The maximum Gasteiger partial charge on any atom is 0.250 e. The van der Waals surface area contributed by atoms with E-state index in [0.717, 1.165) is 18.4 Å². The third kappa shape index (κ3) is 4.37. The lowest BCUT2D eigenvalue weighted by molar-refractivity contribution is 0.706. The van der Waals surface area contributed by atoms with E-state index in [1.54, 1.807) is 24.3 Å². The molecule has 1 saturated carbocycles. The van der Waals surface area contributed by atoms with Crippen molar-refractivity contribution in [2.75, 3.05) is 11.9 Å². The first-order chi connectivity index (χ1) is 10.8. The molecule has 3 N–H and O–H groups in total. The van der Waals surface area contributed by atoms with Gasteiger partial charge >= 0.3 is 0 Å². The first kappa shape index (κ1) is 17.0. The predicted octanol–water partition coefficient (Wildman–Crippen LogP) is 3.92. The number of nitrogens with one attached hydrogen (secondary N) is 1. The van der Waals surface area contributed by atoms with Crippen LogP contribution in [-0.4, -0.2) is 27.0 Å². The number of hydrogen-bond donors (Lipinski definition) is 2. The van der Waals surface area contributed by atoms with Gasteiger partial charge in [-0.2, -0.15) is 9.97 Å². The highest BCUT2D eigenvalue weighted by atomic mass is 35.6. The molecule has 3 rings (SSSR count). The summed E-state index contributed by atoms with van der Waals surface area (Å²) in [5.74, 6) is 0.761. The topological polar surface area (TPSA) is 76.7 Å². The van der Waals surface area contributed by atoms with Gasteiger partial charge in [-0.05, 0) is 37.1 Å². The van der Waals surface area contributed by atoms with E-state index < -0.39 is 3.79 Å². The minimum Gasteiger partial charge on any atom is -0.352 e. The Bertz CT molecular complexity index is 710. The average molecular weight is 393 g/mol. The molecule has 1 heterocycles. The molecule has 0 spiro atoms. The van der Waals surface area contributed by atoms with Crippen molar-refractivity contribution in [2.24, 2.45) is 5.73 Å². The summed E-state index contributed by atoms with van der Waals surface area (Å²) < 4.78 is -1.75. The number of anilines is 1. The molecule has 0 unspecified atom stereocenters. The lowest BCUT2D eigenvalue weighted by Gasteiger charge is -2.15. The number of aromatic nitrogens is 3. The quantitative estimate of drug-likeness (QED) is 0.771. The SMILES string of the molecule is NC1(CNc2nc(-c3ccc(Cl)cc3)nc(C(Cl)(Cl)Cl)n2)CC1. The molecule has 0 saturated heterocycles. The van der Waals surface area contributed by atoms with Gasteiger partial charge in [0.25, 0.3) is 0 Å². The van der Waals surface area contributed by atoms with E-state index in [-0.39, 0.29) is 11.4 Å². The van der Waals surface area contributed by atoms with E-state index in [9.17, 15) is 0 Å². The van der Waals surface area contributed by atoms with Crippen LogP contribution in [0.2, 0.25) is 5.02 Å². The van der Waals surface area contributed by atoms with Crippen LogP contribution in [-0.2, 0) is 3.79 Å². The summed E-state index contributed by atoms with van der Waals surface area (Å²) in [6.45, 7) is 0.552. The van der Waals surface area contributed by atoms with E-state index in [1.807, 2.05) is 0 Å². The first-order valence-electron chi connectivity index (χ1n) is 6.87. The number of rotatable bonds is 4. The van der Waals surface area contributed by atoms with Crippen LogP contribution in [0.25, 0.3) is 11.4 Å². The molecular weight excluding hydrogens is 380 g/mol. The summed E-state index contributed by atoms with van der Waals surface area (Å²) in [5.41, 5.74) is 6.60. The van der Waals surface area contributed by atoms with Gasteiger partial charge in [0, 0.05) is 22.7 Å². The van der Waals surface area contributed by atoms with Crippen LogP contribution in [0.5, 0.6) is 0 Å². The van der Waals surface area contributed by atoms with Crippen LogP contribution >= 0.6 is 46.4 Å². The highest BCUT2D eigenvalue weighted by Gasteiger charge is 2.38. The van der Waals surface area contributed by atoms with Crippen molar-refractivity contribution < 1.29 is 0 Å². The van der Waals surface area contributed by atoms with Crippen LogP contribution < -0.4 is 11.1 Å². The van der Waals surface area contributed by atoms with Crippen molar-refractivity contribution in [1.29, 1.82) is 0 Å². The average Bonchev–Trinajstić information content (AvgIpc) is 3.23. The van der Waals surface area contributed by atoms with E-state index in [1.165, 1.54) is 0 Å². The Hall–Kier alpha value is -0.850. The molecule has 1 fully saturated rings. The molecule has 0 aliphatic heterocycles. The van der Waals surface area contributed by atoms with E-state index in [4.69, 9.17) is 52.1 Å². The molecular formula is C14H13Cl4N5. The van der Waals surface area contributed by atoms with Crippen molar-refractivity contribution in [3.05, 3.63) is 35.1 Å². The second-order valence-corrected chi connectivity index (χ2v) is 8.24. The van der Waals surface area contributed by atoms with Gasteiger partial charge in [0.2, 0.25) is 9.74 Å². The third-order valence-corrected chi connectivity index (χ3v) is 4.24.